The highest BCUT2D eigenvalue weighted by atomic mass is 32.2. The van der Waals surface area contributed by atoms with Gasteiger partial charge in [-0.25, -0.2) is 8.42 Å². The Hall–Kier alpha value is -1.48. The van der Waals surface area contributed by atoms with Gasteiger partial charge in [-0.2, -0.15) is 4.31 Å². The van der Waals surface area contributed by atoms with Gasteiger partial charge in [-0.15, -0.1) is 23.5 Å². The molecule has 2 aliphatic rings. The maximum atomic E-state index is 13.1. The van der Waals surface area contributed by atoms with Gasteiger partial charge in [0.05, 0.1) is 9.48 Å². The highest BCUT2D eigenvalue weighted by Crippen LogP contribution is 2.45. The Balaban J connectivity index is 1.55. The van der Waals surface area contributed by atoms with E-state index in [1.807, 2.05) is 41.7 Å². The van der Waals surface area contributed by atoms with Crippen LogP contribution in [0.2, 0.25) is 0 Å². The number of amides is 1. The van der Waals surface area contributed by atoms with Gasteiger partial charge in [0, 0.05) is 35.8 Å². The summed E-state index contributed by atoms with van der Waals surface area (Å²) in [6.07, 6.45) is 2.82. The molecule has 0 saturated carbocycles. The second-order valence-electron chi connectivity index (χ2n) is 7.60. The van der Waals surface area contributed by atoms with Crippen LogP contribution in [0.5, 0.6) is 0 Å². The molecule has 4 rings (SSSR count). The van der Waals surface area contributed by atoms with Crippen LogP contribution < -0.4 is 5.32 Å². The molecular weight excluding hydrogens is 436 g/mol. The van der Waals surface area contributed by atoms with E-state index in [9.17, 15) is 13.2 Å². The molecule has 0 atom stereocenters. The van der Waals surface area contributed by atoms with E-state index in [1.165, 1.54) is 11.6 Å². The van der Waals surface area contributed by atoms with Gasteiger partial charge >= 0.3 is 0 Å². The summed E-state index contributed by atoms with van der Waals surface area (Å²) >= 11 is 3.84. The predicted octanol–water partition coefficient (Wildman–Crippen LogP) is 4.90. The number of nitrogens with zero attached hydrogens (tertiary/aromatic N) is 1. The van der Waals surface area contributed by atoms with Crippen molar-refractivity contribution in [2.24, 2.45) is 0 Å². The fourth-order valence-electron chi connectivity index (χ4n) is 3.78. The number of rotatable bonds is 5. The molecule has 0 aliphatic carbocycles. The van der Waals surface area contributed by atoms with Gasteiger partial charge < -0.3 is 5.32 Å². The summed E-state index contributed by atoms with van der Waals surface area (Å²) < 4.78 is 28.2. The Kier molecular flexibility index (Phi) is 6.77. The second kappa shape index (κ2) is 9.34. The molecule has 8 heteroatoms. The summed E-state index contributed by atoms with van der Waals surface area (Å²) in [5.74, 6) is 1.99. The average molecular weight is 463 g/mol. The van der Waals surface area contributed by atoms with Crippen molar-refractivity contribution in [1.82, 2.24) is 4.31 Å². The van der Waals surface area contributed by atoms with E-state index in [2.05, 4.69) is 11.4 Å². The minimum atomic E-state index is -3.59. The van der Waals surface area contributed by atoms with Crippen molar-refractivity contribution in [1.29, 1.82) is 0 Å². The molecule has 0 aromatic heterocycles. The largest absolute Gasteiger partial charge is 0.322 e. The standard InChI is InChI=1S/C22H26N2O3S3/c1-16-8-9-17(15-20(16)30(26,27)24-10-3-2-4-11-24)21(25)23-19-7-5-6-18(14-19)22-28-12-13-29-22/h5-9,14-15,22H,2-4,10-13H2,1H3,(H,23,25). The SMILES string of the molecule is Cc1ccc(C(=O)Nc2cccc(C3SCCS3)c2)cc1S(=O)(=O)N1CCCCC1. The van der Waals surface area contributed by atoms with Crippen LogP contribution in [0.3, 0.4) is 0 Å². The minimum Gasteiger partial charge on any atom is -0.322 e. The molecule has 2 fully saturated rings. The number of nitrogens with one attached hydrogen (secondary N) is 1. The lowest BCUT2D eigenvalue weighted by Crippen LogP contribution is -2.36. The van der Waals surface area contributed by atoms with Crippen LogP contribution in [0, 0.1) is 6.92 Å². The lowest BCUT2D eigenvalue weighted by Gasteiger charge is -2.26. The quantitative estimate of drug-likeness (QED) is 0.685. The molecule has 2 aromatic carbocycles. The number of hydrogen-bond donors (Lipinski definition) is 1. The van der Waals surface area contributed by atoms with Crippen LogP contribution in [0.25, 0.3) is 0 Å². The number of carbonyl (C=O) groups excluding carboxylic acids is 1. The Morgan fingerprint density at radius 1 is 1.03 bits per heavy atom. The summed E-state index contributed by atoms with van der Waals surface area (Å²) in [5, 5.41) is 2.93. The zero-order valence-corrected chi connectivity index (χ0v) is 19.4. The van der Waals surface area contributed by atoms with Crippen molar-refractivity contribution in [2.75, 3.05) is 29.9 Å². The topological polar surface area (TPSA) is 66.5 Å². The third kappa shape index (κ3) is 4.72. The zero-order valence-electron chi connectivity index (χ0n) is 17.0. The van der Waals surface area contributed by atoms with E-state index in [0.29, 0.717) is 28.8 Å². The van der Waals surface area contributed by atoms with Crippen LogP contribution in [0.15, 0.2) is 47.4 Å². The first-order chi connectivity index (χ1) is 14.4. The van der Waals surface area contributed by atoms with Gasteiger partial charge in [0.15, 0.2) is 0 Å². The zero-order chi connectivity index (χ0) is 21.1. The van der Waals surface area contributed by atoms with Crippen molar-refractivity contribution in [2.45, 2.75) is 35.7 Å². The molecule has 1 N–H and O–H groups in total. The molecule has 2 aliphatic heterocycles. The Morgan fingerprint density at radius 3 is 2.50 bits per heavy atom. The number of carbonyl (C=O) groups is 1. The molecular formula is C22H26N2O3S3. The van der Waals surface area contributed by atoms with Gasteiger partial charge in [0.25, 0.3) is 5.91 Å². The number of anilines is 1. The molecule has 5 nitrogen and oxygen atoms in total. The van der Waals surface area contributed by atoms with E-state index in [4.69, 9.17) is 0 Å². The molecule has 160 valence electrons. The van der Waals surface area contributed by atoms with E-state index >= 15 is 0 Å². The van der Waals surface area contributed by atoms with Crippen molar-refractivity contribution in [3.63, 3.8) is 0 Å². The number of hydrogen-bond acceptors (Lipinski definition) is 5. The van der Waals surface area contributed by atoms with Crippen LogP contribution >= 0.6 is 23.5 Å². The van der Waals surface area contributed by atoms with Crippen LogP contribution in [0.4, 0.5) is 5.69 Å². The molecule has 0 bridgehead atoms. The van der Waals surface area contributed by atoms with Gasteiger partial charge in [0.2, 0.25) is 10.0 Å². The fourth-order valence-corrected chi connectivity index (χ4v) is 8.39. The highest BCUT2D eigenvalue weighted by Gasteiger charge is 2.28. The van der Waals surface area contributed by atoms with Gasteiger partial charge in [-0.3, -0.25) is 4.79 Å². The monoisotopic (exact) mass is 462 g/mol. The van der Waals surface area contributed by atoms with Crippen LogP contribution in [-0.4, -0.2) is 43.2 Å². The maximum absolute atomic E-state index is 13.1. The molecule has 2 saturated heterocycles. The Morgan fingerprint density at radius 2 is 1.77 bits per heavy atom. The maximum Gasteiger partial charge on any atom is 0.255 e. The number of aryl methyl sites for hydroxylation is 1. The Bertz CT molecular complexity index is 1030. The van der Waals surface area contributed by atoms with Crippen LogP contribution in [-0.2, 0) is 10.0 Å². The van der Waals surface area contributed by atoms with Crippen molar-refractivity contribution < 1.29 is 13.2 Å². The fraction of sp³-hybridized carbons (Fsp3) is 0.409. The first-order valence-corrected chi connectivity index (χ1v) is 13.7. The van der Waals surface area contributed by atoms with E-state index in [-0.39, 0.29) is 10.8 Å². The Labute approximate surface area is 187 Å². The van der Waals surface area contributed by atoms with Gasteiger partial charge in [-0.05, 0) is 55.2 Å². The first kappa shape index (κ1) is 21.7. The summed E-state index contributed by atoms with van der Waals surface area (Å²) in [5.41, 5.74) is 2.93. The van der Waals surface area contributed by atoms with Gasteiger partial charge in [-0.1, -0.05) is 24.6 Å². The number of sulfonamides is 1. The summed E-state index contributed by atoms with van der Waals surface area (Å²) in [4.78, 5) is 13.1. The van der Waals surface area contributed by atoms with Gasteiger partial charge in [0.1, 0.15) is 0 Å². The molecule has 2 heterocycles. The predicted molar refractivity (Wildman–Crippen MR) is 126 cm³/mol. The number of benzene rings is 2. The summed E-state index contributed by atoms with van der Waals surface area (Å²) in [6, 6.07) is 12.8. The molecule has 0 unspecified atom stereocenters. The lowest BCUT2D eigenvalue weighted by molar-refractivity contribution is 0.102. The number of thioether (sulfide) groups is 2. The molecule has 0 spiro atoms. The molecule has 0 radical (unpaired) electrons. The third-order valence-corrected chi connectivity index (χ3v) is 10.6. The van der Waals surface area contributed by atoms with Crippen molar-refractivity contribution >= 4 is 45.1 Å². The summed E-state index contributed by atoms with van der Waals surface area (Å²) in [6.45, 7) is 2.86. The molecule has 2 aromatic rings. The second-order valence-corrected chi connectivity index (χ2v) is 12.2. The van der Waals surface area contributed by atoms with Crippen molar-refractivity contribution in [3.8, 4) is 0 Å². The third-order valence-electron chi connectivity index (χ3n) is 5.42. The van der Waals surface area contributed by atoms with E-state index < -0.39 is 10.0 Å². The summed E-state index contributed by atoms with van der Waals surface area (Å²) in [7, 11) is -3.59. The smallest absolute Gasteiger partial charge is 0.255 e. The lowest BCUT2D eigenvalue weighted by atomic mass is 10.1. The number of piperidine rings is 1. The minimum absolute atomic E-state index is 0.226. The van der Waals surface area contributed by atoms with E-state index in [0.717, 1.165) is 36.5 Å². The molecule has 30 heavy (non-hydrogen) atoms. The van der Waals surface area contributed by atoms with Crippen LogP contribution in [0.1, 0.15) is 45.3 Å². The van der Waals surface area contributed by atoms with E-state index in [1.54, 1.807) is 23.4 Å². The normalized spacial score (nSPS) is 18.4. The average Bonchev–Trinajstić information content (AvgIpc) is 3.30. The molecule has 1 amide bonds. The highest BCUT2D eigenvalue weighted by molar-refractivity contribution is 8.19. The van der Waals surface area contributed by atoms with Crippen molar-refractivity contribution in [3.05, 3.63) is 59.2 Å². The first-order valence-electron chi connectivity index (χ1n) is 10.2.